The normalized spacial score (nSPS) is 13.0. The van der Waals surface area contributed by atoms with Gasteiger partial charge in [0.15, 0.2) is 11.9 Å². The third kappa shape index (κ3) is 3.82. The maximum atomic E-state index is 12.8. The lowest BCUT2D eigenvalue weighted by atomic mass is 10.2. The van der Waals surface area contributed by atoms with Gasteiger partial charge in [-0.2, -0.15) is 5.10 Å². The Kier molecular flexibility index (Phi) is 5.11. The Morgan fingerprint density at radius 2 is 2.18 bits per heavy atom. The van der Waals surface area contributed by atoms with Gasteiger partial charge >= 0.3 is 5.97 Å². The van der Waals surface area contributed by atoms with Crippen molar-refractivity contribution in [2.24, 2.45) is 10.9 Å². The van der Waals surface area contributed by atoms with Crippen molar-refractivity contribution in [2.45, 2.75) is 19.4 Å². The molecule has 0 saturated heterocycles. The zero-order chi connectivity index (χ0) is 16.1. The van der Waals surface area contributed by atoms with Crippen molar-refractivity contribution in [3.8, 4) is 0 Å². The van der Waals surface area contributed by atoms with E-state index in [0.29, 0.717) is 17.0 Å². The molecule has 1 atom stereocenters. The number of benzene rings is 1. The molecule has 0 aliphatic heterocycles. The summed E-state index contributed by atoms with van der Waals surface area (Å²) in [7, 11) is 0. The summed E-state index contributed by atoms with van der Waals surface area (Å²) in [5, 5.41) is 7.96. The monoisotopic (exact) mass is 324 g/mol. The highest BCUT2D eigenvalue weighted by atomic mass is 35.5. The number of amidine groups is 1. The lowest BCUT2D eigenvalue weighted by Gasteiger charge is -2.11. The third-order valence-electron chi connectivity index (χ3n) is 2.92. The molecule has 1 unspecified atom stereocenters. The largest absolute Gasteiger partial charge is 0.380 e. The standard InChI is InChI=1S/C14H14ClFN4O2/c1-2-12(20-8-10(15)7-18-20)14(21)22-19-13(17)9-3-5-11(16)6-4-9/h3-8,12H,2H2,1H3,(H2,17,19). The van der Waals surface area contributed by atoms with E-state index in [2.05, 4.69) is 10.3 Å². The third-order valence-corrected chi connectivity index (χ3v) is 3.12. The van der Waals surface area contributed by atoms with Gasteiger partial charge in [-0.25, -0.2) is 9.18 Å². The van der Waals surface area contributed by atoms with Crippen molar-refractivity contribution in [3.05, 3.63) is 53.1 Å². The molecule has 22 heavy (non-hydrogen) atoms. The summed E-state index contributed by atoms with van der Waals surface area (Å²) in [6.45, 7) is 1.80. The first kappa shape index (κ1) is 16.0. The number of hydrogen-bond acceptors (Lipinski definition) is 4. The second-order valence-electron chi connectivity index (χ2n) is 4.46. The van der Waals surface area contributed by atoms with Gasteiger partial charge in [-0.15, -0.1) is 0 Å². The highest BCUT2D eigenvalue weighted by Gasteiger charge is 2.21. The van der Waals surface area contributed by atoms with E-state index >= 15 is 0 Å². The Morgan fingerprint density at radius 1 is 1.50 bits per heavy atom. The molecule has 0 bridgehead atoms. The first-order valence-corrected chi connectivity index (χ1v) is 6.89. The summed E-state index contributed by atoms with van der Waals surface area (Å²) in [4.78, 5) is 16.9. The molecule has 1 heterocycles. The molecule has 0 aliphatic rings. The number of rotatable bonds is 5. The van der Waals surface area contributed by atoms with Gasteiger partial charge < -0.3 is 10.6 Å². The van der Waals surface area contributed by atoms with Gasteiger partial charge in [0.2, 0.25) is 0 Å². The number of carbonyl (C=O) groups is 1. The predicted octanol–water partition coefficient (Wildman–Crippen LogP) is 2.49. The smallest absolute Gasteiger partial charge is 0.359 e. The van der Waals surface area contributed by atoms with E-state index in [1.807, 2.05) is 0 Å². The molecule has 2 aromatic rings. The number of nitrogens with zero attached hydrogens (tertiary/aromatic N) is 3. The maximum Gasteiger partial charge on any atom is 0.359 e. The molecule has 2 rings (SSSR count). The molecule has 0 fully saturated rings. The minimum absolute atomic E-state index is 0.0262. The maximum absolute atomic E-state index is 12.8. The van der Waals surface area contributed by atoms with Crippen LogP contribution in [0.1, 0.15) is 24.9 Å². The van der Waals surface area contributed by atoms with Crippen LogP contribution in [0.15, 0.2) is 41.8 Å². The fourth-order valence-corrected chi connectivity index (χ4v) is 1.92. The quantitative estimate of drug-likeness (QED) is 0.396. The number of aromatic nitrogens is 2. The van der Waals surface area contributed by atoms with E-state index in [4.69, 9.17) is 22.2 Å². The minimum atomic E-state index is -0.655. The lowest BCUT2D eigenvalue weighted by Crippen LogP contribution is -2.22. The van der Waals surface area contributed by atoms with E-state index in [0.717, 1.165) is 0 Å². The van der Waals surface area contributed by atoms with Gasteiger partial charge in [0, 0.05) is 11.8 Å². The fourth-order valence-electron chi connectivity index (χ4n) is 1.78. The lowest BCUT2D eigenvalue weighted by molar-refractivity contribution is -0.148. The summed E-state index contributed by atoms with van der Waals surface area (Å²) < 4.78 is 14.2. The zero-order valence-corrected chi connectivity index (χ0v) is 12.5. The molecule has 0 aliphatic carbocycles. The summed E-state index contributed by atoms with van der Waals surface area (Å²) >= 11 is 5.77. The van der Waals surface area contributed by atoms with Crippen LogP contribution in [0.3, 0.4) is 0 Å². The minimum Gasteiger partial charge on any atom is -0.380 e. The Morgan fingerprint density at radius 3 is 2.73 bits per heavy atom. The van der Waals surface area contributed by atoms with Crippen LogP contribution in [0.2, 0.25) is 5.02 Å². The van der Waals surface area contributed by atoms with Crippen molar-refractivity contribution >= 4 is 23.4 Å². The van der Waals surface area contributed by atoms with E-state index in [1.54, 1.807) is 6.92 Å². The SMILES string of the molecule is CCC(C(=O)O/N=C(\N)c1ccc(F)cc1)n1cc(Cl)cn1. The molecule has 2 N–H and O–H groups in total. The Balaban J connectivity index is 2.07. The first-order chi connectivity index (χ1) is 10.5. The van der Waals surface area contributed by atoms with E-state index in [1.165, 1.54) is 41.3 Å². The molecule has 0 radical (unpaired) electrons. The number of oxime groups is 1. The van der Waals surface area contributed by atoms with Crippen LogP contribution in [-0.4, -0.2) is 21.6 Å². The van der Waals surface area contributed by atoms with Crippen LogP contribution in [0.5, 0.6) is 0 Å². The molecule has 0 spiro atoms. The van der Waals surface area contributed by atoms with Crippen LogP contribution in [0.25, 0.3) is 0 Å². The average Bonchev–Trinajstić information content (AvgIpc) is 2.92. The van der Waals surface area contributed by atoms with Crippen molar-refractivity contribution in [2.75, 3.05) is 0 Å². The summed E-state index contributed by atoms with van der Waals surface area (Å²) in [6, 6.07) is 4.69. The number of hydrogen-bond donors (Lipinski definition) is 1. The van der Waals surface area contributed by atoms with Crippen LogP contribution >= 0.6 is 11.6 Å². The molecule has 1 aromatic carbocycles. The van der Waals surface area contributed by atoms with Crippen LogP contribution in [0.4, 0.5) is 4.39 Å². The second kappa shape index (κ2) is 7.04. The summed E-state index contributed by atoms with van der Waals surface area (Å²) in [5.41, 5.74) is 6.13. The highest BCUT2D eigenvalue weighted by molar-refractivity contribution is 6.30. The molecule has 6 nitrogen and oxygen atoms in total. The molecule has 1 aromatic heterocycles. The van der Waals surface area contributed by atoms with E-state index in [-0.39, 0.29) is 5.84 Å². The van der Waals surface area contributed by atoms with Crippen molar-refractivity contribution in [1.29, 1.82) is 0 Å². The van der Waals surface area contributed by atoms with Crippen LogP contribution in [0, 0.1) is 5.82 Å². The molecule has 0 saturated carbocycles. The van der Waals surface area contributed by atoms with Crippen molar-refractivity contribution in [3.63, 3.8) is 0 Å². The topological polar surface area (TPSA) is 82.5 Å². The second-order valence-corrected chi connectivity index (χ2v) is 4.89. The number of carbonyl (C=O) groups excluding carboxylic acids is 1. The number of nitrogens with two attached hydrogens (primary N) is 1. The van der Waals surface area contributed by atoms with E-state index in [9.17, 15) is 9.18 Å². The van der Waals surface area contributed by atoms with Crippen LogP contribution in [-0.2, 0) is 9.63 Å². The Labute approximate surface area is 131 Å². The Hall–Kier alpha value is -2.41. The van der Waals surface area contributed by atoms with E-state index < -0.39 is 17.8 Å². The van der Waals surface area contributed by atoms with Crippen molar-refractivity contribution in [1.82, 2.24) is 9.78 Å². The molecular formula is C14H14ClFN4O2. The van der Waals surface area contributed by atoms with Gasteiger partial charge in [0.05, 0.1) is 11.2 Å². The number of halogens is 2. The van der Waals surface area contributed by atoms with Gasteiger partial charge in [0.25, 0.3) is 0 Å². The molecular weight excluding hydrogens is 311 g/mol. The molecule has 8 heteroatoms. The molecule has 116 valence electrons. The van der Waals surface area contributed by atoms with Gasteiger partial charge in [-0.3, -0.25) is 4.68 Å². The Bertz CT molecular complexity index is 684. The highest BCUT2D eigenvalue weighted by Crippen LogP contribution is 2.16. The molecule has 0 amide bonds. The summed E-state index contributed by atoms with van der Waals surface area (Å²) in [6.07, 6.45) is 3.39. The fraction of sp³-hybridized carbons (Fsp3) is 0.214. The average molecular weight is 325 g/mol. The van der Waals surface area contributed by atoms with Gasteiger partial charge in [0.1, 0.15) is 5.82 Å². The van der Waals surface area contributed by atoms with Gasteiger partial charge in [-0.1, -0.05) is 23.7 Å². The first-order valence-electron chi connectivity index (χ1n) is 6.51. The summed E-state index contributed by atoms with van der Waals surface area (Å²) in [5.74, 6) is -1.04. The zero-order valence-electron chi connectivity index (χ0n) is 11.7. The predicted molar refractivity (Wildman–Crippen MR) is 79.8 cm³/mol. The van der Waals surface area contributed by atoms with Gasteiger partial charge in [-0.05, 0) is 30.7 Å². The van der Waals surface area contributed by atoms with Crippen LogP contribution < -0.4 is 5.73 Å². The van der Waals surface area contributed by atoms with Crippen molar-refractivity contribution < 1.29 is 14.0 Å².